The first-order valence-electron chi connectivity index (χ1n) is 6.82. The predicted molar refractivity (Wildman–Crippen MR) is 77.4 cm³/mol. The summed E-state index contributed by atoms with van der Waals surface area (Å²) in [7, 11) is 1.55. The Labute approximate surface area is 118 Å². The Hall–Kier alpha value is -2.04. The minimum Gasteiger partial charge on any atom is -0.496 e. The van der Waals surface area contributed by atoms with Crippen LogP contribution < -0.4 is 15.0 Å². The second-order valence-electron chi connectivity index (χ2n) is 4.82. The molecule has 1 atom stereocenters. The van der Waals surface area contributed by atoms with Crippen LogP contribution in [0.2, 0.25) is 0 Å². The number of methoxy groups -OCH3 is 1. The van der Waals surface area contributed by atoms with Gasteiger partial charge in [0.15, 0.2) is 5.78 Å². The first kappa shape index (κ1) is 14.4. The van der Waals surface area contributed by atoms with Crippen LogP contribution in [0.25, 0.3) is 0 Å². The van der Waals surface area contributed by atoms with Crippen LogP contribution in [0.4, 0.5) is 5.69 Å². The molecule has 0 spiro atoms. The first-order chi connectivity index (χ1) is 9.60. The van der Waals surface area contributed by atoms with E-state index in [4.69, 9.17) is 4.74 Å². The predicted octanol–water partition coefficient (Wildman–Crippen LogP) is 1.61. The van der Waals surface area contributed by atoms with E-state index in [0.717, 1.165) is 5.69 Å². The maximum absolute atomic E-state index is 12.0. The van der Waals surface area contributed by atoms with Crippen LogP contribution in [0.3, 0.4) is 0 Å². The van der Waals surface area contributed by atoms with Crippen molar-refractivity contribution < 1.29 is 14.3 Å². The lowest BCUT2D eigenvalue weighted by atomic mass is 10.0. The Morgan fingerprint density at radius 1 is 1.50 bits per heavy atom. The third-order valence-electron chi connectivity index (χ3n) is 3.60. The number of ether oxygens (including phenoxy) is 1. The summed E-state index contributed by atoms with van der Waals surface area (Å²) < 4.78 is 5.29. The third kappa shape index (κ3) is 2.48. The van der Waals surface area contributed by atoms with Gasteiger partial charge in [-0.2, -0.15) is 0 Å². The Bertz CT molecular complexity index is 528. The maximum atomic E-state index is 12.0. The van der Waals surface area contributed by atoms with Gasteiger partial charge in [-0.15, -0.1) is 0 Å². The third-order valence-corrected chi connectivity index (χ3v) is 3.60. The van der Waals surface area contributed by atoms with Crippen LogP contribution in [0.5, 0.6) is 5.75 Å². The molecule has 5 nitrogen and oxygen atoms in total. The fraction of sp³-hybridized carbons (Fsp3) is 0.467. The molecular weight excluding hydrogens is 256 g/mol. The summed E-state index contributed by atoms with van der Waals surface area (Å²) in [5.74, 6) is 0.505. The van der Waals surface area contributed by atoms with E-state index in [1.54, 1.807) is 13.2 Å². The summed E-state index contributed by atoms with van der Waals surface area (Å²) in [6.07, 6.45) is 0.695. The van der Waals surface area contributed by atoms with E-state index < -0.39 is 0 Å². The van der Waals surface area contributed by atoms with Gasteiger partial charge >= 0.3 is 0 Å². The Morgan fingerprint density at radius 2 is 2.25 bits per heavy atom. The number of ketones is 1. The lowest BCUT2D eigenvalue weighted by molar-refractivity contribution is -0.123. The van der Waals surface area contributed by atoms with Crippen molar-refractivity contribution in [3.05, 3.63) is 23.8 Å². The van der Waals surface area contributed by atoms with Crippen LogP contribution in [0, 0.1) is 0 Å². The minimum atomic E-state index is -0.242. The van der Waals surface area contributed by atoms with E-state index >= 15 is 0 Å². The van der Waals surface area contributed by atoms with Crippen LogP contribution >= 0.6 is 0 Å². The highest BCUT2D eigenvalue weighted by Gasteiger charge is 2.31. The summed E-state index contributed by atoms with van der Waals surface area (Å²) in [4.78, 5) is 25.9. The highest BCUT2D eigenvalue weighted by Crippen LogP contribution is 2.32. The van der Waals surface area contributed by atoms with Gasteiger partial charge in [0.05, 0.1) is 18.4 Å². The van der Waals surface area contributed by atoms with E-state index in [2.05, 4.69) is 5.32 Å². The van der Waals surface area contributed by atoms with Gasteiger partial charge in [0.25, 0.3) is 0 Å². The van der Waals surface area contributed by atoms with Crippen molar-refractivity contribution in [3.63, 3.8) is 0 Å². The molecule has 20 heavy (non-hydrogen) atoms. The molecule has 5 heteroatoms. The molecule has 1 heterocycles. The Kier molecular flexibility index (Phi) is 4.27. The minimum absolute atomic E-state index is 0.0103. The normalized spacial score (nSPS) is 18.6. The van der Waals surface area contributed by atoms with Crippen molar-refractivity contribution >= 4 is 17.4 Å². The zero-order valence-corrected chi connectivity index (χ0v) is 12.1. The van der Waals surface area contributed by atoms with Crippen molar-refractivity contribution in [2.45, 2.75) is 26.3 Å². The van der Waals surface area contributed by atoms with Crippen molar-refractivity contribution in [2.75, 3.05) is 25.1 Å². The van der Waals surface area contributed by atoms with Gasteiger partial charge in [0.2, 0.25) is 5.91 Å². The monoisotopic (exact) mass is 276 g/mol. The molecule has 1 aliphatic rings. The SMILES string of the molecule is CCC1C(=O)NCCN1c1cccc(OC)c1C(C)=O. The molecule has 1 unspecified atom stereocenters. The van der Waals surface area contributed by atoms with E-state index in [9.17, 15) is 9.59 Å². The molecule has 108 valence electrons. The fourth-order valence-electron chi connectivity index (χ4n) is 2.69. The second kappa shape index (κ2) is 5.94. The molecule has 0 radical (unpaired) electrons. The first-order valence-corrected chi connectivity index (χ1v) is 6.82. The average molecular weight is 276 g/mol. The molecule has 1 N–H and O–H groups in total. The largest absolute Gasteiger partial charge is 0.496 e. The number of benzene rings is 1. The van der Waals surface area contributed by atoms with Crippen molar-refractivity contribution in [2.24, 2.45) is 0 Å². The number of nitrogens with one attached hydrogen (secondary N) is 1. The molecule has 1 aliphatic heterocycles. The molecule has 1 fully saturated rings. The van der Waals surface area contributed by atoms with E-state index in [-0.39, 0.29) is 17.7 Å². The molecule has 0 aliphatic carbocycles. The number of amides is 1. The molecule has 1 aromatic carbocycles. The summed E-state index contributed by atoms with van der Waals surface area (Å²) >= 11 is 0. The number of carbonyl (C=O) groups is 2. The zero-order valence-electron chi connectivity index (χ0n) is 12.1. The van der Waals surface area contributed by atoms with Crippen LogP contribution in [0.1, 0.15) is 30.6 Å². The highest BCUT2D eigenvalue weighted by atomic mass is 16.5. The highest BCUT2D eigenvalue weighted by molar-refractivity contribution is 6.03. The van der Waals surface area contributed by atoms with Gasteiger partial charge in [-0.3, -0.25) is 9.59 Å². The zero-order chi connectivity index (χ0) is 14.7. The van der Waals surface area contributed by atoms with E-state index in [1.807, 2.05) is 24.0 Å². The molecule has 2 rings (SSSR count). The van der Waals surface area contributed by atoms with Crippen molar-refractivity contribution in [1.82, 2.24) is 5.32 Å². The average Bonchev–Trinajstić information content (AvgIpc) is 2.45. The Morgan fingerprint density at radius 3 is 2.85 bits per heavy atom. The number of Topliss-reactive ketones (excluding diaryl/α,β-unsaturated/α-hetero) is 1. The fourth-order valence-corrected chi connectivity index (χ4v) is 2.69. The smallest absolute Gasteiger partial charge is 0.242 e. The number of anilines is 1. The summed E-state index contributed by atoms with van der Waals surface area (Å²) in [6, 6.07) is 5.25. The van der Waals surface area contributed by atoms with Gasteiger partial charge in [0, 0.05) is 13.1 Å². The number of piperazine rings is 1. The Balaban J connectivity index is 2.50. The molecule has 1 saturated heterocycles. The van der Waals surface area contributed by atoms with Gasteiger partial charge < -0.3 is 15.0 Å². The second-order valence-corrected chi connectivity index (χ2v) is 4.82. The number of carbonyl (C=O) groups excluding carboxylic acids is 2. The van der Waals surface area contributed by atoms with Gasteiger partial charge in [-0.05, 0) is 25.5 Å². The van der Waals surface area contributed by atoms with E-state index in [1.165, 1.54) is 6.92 Å². The van der Waals surface area contributed by atoms with Gasteiger partial charge in [-0.1, -0.05) is 13.0 Å². The maximum Gasteiger partial charge on any atom is 0.242 e. The summed E-state index contributed by atoms with van der Waals surface area (Å²) in [5.41, 5.74) is 1.32. The summed E-state index contributed by atoms with van der Waals surface area (Å²) in [6.45, 7) is 4.77. The molecule has 1 amide bonds. The molecule has 1 aromatic rings. The number of hydrogen-bond acceptors (Lipinski definition) is 4. The molecule has 0 bridgehead atoms. The van der Waals surface area contributed by atoms with Crippen molar-refractivity contribution in [1.29, 1.82) is 0 Å². The van der Waals surface area contributed by atoms with Gasteiger partial charge in [-0.25, -0.2) is 0 Å². The van der Waals surface area contributed by atoms with Crippen LogP contribution in [-0.4, -0.2) is 37.9 Å². The van der Waals surface area contributed by atoms with Crippen molar-refractivity contribution in [3.8, 4) is 5.75 Å². The van der Waals surface area contributed by atoms with Crippen LogP contribution in [-0.2, 0) is 4.79 Å². The number of rotatable bonds is 4. The lowest BCUT2D eigenvalue weighted by Crippen LogP contribution is -2.55. The number of nitrogens with zero attached hydrogens (tertiary/aromatic N) is 1. The topological polar surface area (TPSA) is 58.6 Å². The quantitative estimate of drug-likeness (QED) is 0.849. The molecule has 0 aromatic heterocycles. The summed E-state index contributed by atoms with van der Waals surface area (Å²) in [5, 5.41) is 2.86. The lowest BCUT2D eigenvalue weighted by Gasteiger charge is -2.37. The van der Waals surface area contributed by atoms with Crippen LogP contribution in [0.15, 0.2) is 18.2 Å². The number of hydrogen-bond donors (Lipinski definition) is 1. The molecule has 0 saturated carbocycles. The van der Waals surface area contributed by atoms with Gasteiger partial charge in [0.1, 0.15) is 11.8 Å². The standard InChI is InChI=1S/C15H20N2O3/c1-4-11-15(19)16-8-9-17(11)12-6-5-7-13(20-3)14(12)10(2)18/h5-7,11H,4,8-9H2,1-3H3,(H,16,19). The van der Waals surface area contributed by atoms with E-state index in [0.29, 0.717) is 30.8 Å². The molecular formula is C15H20N2O3.